The number of rotatable bonds is 5. The molecule has 5 nitrogen and oxygen atoms in total. The van der Waals surface area contributed by atoms with E-state index in [0.29, 0.717) is 17.7 Å². The highest BCUT2D eigenvalue weighted by molar-refractivity contribution is 5.89. The summed E-state index contributed by atoms with van der Waals surface area (Å²) in [5.74, 6) is -1.32. The maximum Gasteiger partial charge on any atom is 0.338 e. The van der Waals surface area contributed by atoms with Crippen LogP contribution in [-0.4, -0.2) is 25.0 Å². The van der Waals surface area contributed by atoms with Gasteiger partial charge in [0.15, 0.2) is 0 Å². The number of esters is 1. The summed E-state index contributed by atoms with van der Waals surface area (Å²) >= 11 is 0. The fourth-order valence-corrected chi connectivity index (χ4v) is 3.09. The Kier molecular flexibility index (Phi) is 5.51. The summed E-state index contributed by atoms with van der Waals surface area (Å²) in [5.41, 5.74) is 7.07. The van der Waals surface area contributed by atoms with Gasteiger partial charge in [0, 0.05) is 24.3 Å². The quantitative estimate of drug-likeness (QED) is 0.836. The average Bonchev–Trinajstić information content (AvgIpc) is 2.67. The molecule has 136 valence electrons. The van der Waals surface area contributed by atoms with Gasteiger partial charge < -0.3 is 15.4 Å². The fourth-order valence-electron chi connectivity index (χ4n) is 3.09. The Bertz CT molecular complexity index is 792. The first-order valence-electron chi connectivity index (χ1n) is 8.59. The molecular weight excluding hydrogens is 335 g/mol. The van der Waals surface area contributed by atoms with Crippen molar-refractivity contribution in [3.8, 4) is 0 Å². The molecule has 2 N–H and O–H groups in total. The van der Waals surface area contributed by atoms with Crippen molar-refractivity contribution in [2.45, 2.75) is 19.4 Å². The van der Waals surface area contributed by atoms with Crippen LogP contribution in [0.4, 0.5) is 10.1 Å². The highest BCUT2D eigenvalue weighted by Crippen LogP contribution is 2.23. The minimum absolute atomic E-state index is 0.111. The van der Waals surface area contributed by atoms with Gasteiger partial charge in [-0.1, -0.05) is 18.2 Å². The van der Waals surface area contributed by atoms with E-state index in [0.717, 1.165) is 25.1 Å². The molecule has 0 aromatic heterocycles. The molecule has 1 amide bonds. The lowest BCUT2D eigenvalue weighted by Crippen LogP contribution is -2.41. The molecule has 0 aliphatic carbocycles. The van der Waals surface area contributed by atoms with Gasteiger partial charge in [-0.05, 0) is 43.2 Å². The second-order valence-corrected chi connectivity index (χ2v) is 6.40. The first-order chi connectivity index (χ1) is 12.5. The van der Waals surface area contributed by atoms with E-state index in [1.54, 1.807) is 30.3 Å². The van der Waals surface area contributed by atoms with Gasteiger partial charge in [-0.25, -0.2) is 9.18 Å². The van der Waals surface area contributed by atoms with Crippen LogP contribution in [-0.2, 0) is 16.1 Å². The van der Waals surface area contributed by atoms with E-state index in [1.165, 1.54) is 6.07 Å². The van der Waals surface area contributed by atoms with Crippen LogP contribution < -0.4 is 10.6 Å². The molecule has 0 spiro atoms. The number of primary amides is 1. The van der Waals surface area contributed by atoms with Crippen molar-refractivity contribution in [2.24, 2.45) is 11.7 Å². The maximum absolute atomic E-state index is 13.6. The van der Waals surface area contributed by atoms with Gasteiger partial charge in [0.25, 0.3) is 0 Å². The molecule has 1 aliphatic heterocycles. The molecule has 2 aromatic carbocycles. The largest absolute Gasteiger partial charge is 0.457 e. The van der Waals surface area contributed by atoms with E-state index in [9.17, 15) is 14.0 Å². The number of ether oxygens (including phenoxy) is 1. The zero-order valence-electron chi connectivity index (χ0n) is 14.4. The van der Waals surface area contributed by atoms with Crippen LogP contribution in [0.15, 0.2) is 48.5 Å². The topological polar surface area (TPSA) is 72.6 Å². The molecule has 1 saturated heterocycles. The van der Waals surface area contributed by atoms with Gasteiger partial charge in [0.2, 0.25) is 5.91 Å². The minimum Gasteiger partial charge on any atom is -0.457 e. The third-order valence-electron chi connectivity index (χ3n) is 4.61. The molecule has 1 unspecified atom stereocenters. The first kappa shape index (κ1) is 17.9. The third kappa shape index (κ3) is 4.20. The summed E-state index contributed by atoms with van der Waals surface area (Å²) in [6, 6.07) is 13.2. The van der Waals surface area contributed by atoms with E-state index in [2.05, 4.69) is 4.90 Å². The van der Waals surface area contributed by atoms with Crippen LogP contribution in [0.2, 0.25) is 0 Å². The van der Waals surface area contributed by atoms with Gasteiger partial charge in [-0.15, -0.1) is 0 Å². The number of hydrogen-bond donors (Lipinski definition) is 1. The number of nitrogens with two attached hydrogens (primary N) is 1. The molecule has 0 radical (unpaired) electrons. The van der Waals surface area contributed by atoms with Crippen molar-refractivity contribution >= 4 is 17.6 Å². The molecule has 1 atom stereocenters. The van der Waals surface area contributed by atoms with Crippen LogP contribution in [0, 0.1) is 11.7 Å². The highest BCUT2D eigenvalue weighted by atomic mass is 19.1. The van der Waals surface area contributed by atoms with E-state index in [1.807, 2.05) is 12.1 Å². The van der Waals surface area contributed by atoms with Crippen molar-refractivity contribution in [1.29, 1.82) is 0 Å². The number of nitrogens with zero attached hydrogens (tertiary/aromatic N) is 1. The number of anilines is 1. The molecule has 1 aliphatic rings. The lowest BCUT2D eigenvalue weighted by molar-refractivity contribution is -0.122. The summed E-state index contributed by atoms with van der Waals surface area (Å²) in [5, 5.41) is 0. The summed E-state index contributed by atoms with van der Waals surface area (Å²) in [6.07, 6.45) is 1.71. The predicted molar refractivity (Wildman–Crippen MR) is 96.1 cm³/mol. The van der Waals surface area contributed by atoms with E-state index in [4.69, 9.17) is 10.5 Å². The Morgan fingerprint density at radius 3 is 2.58 bits per heavy atom. The molecule has 0 saturated carbocycles. The van der Waals surface area contributed by atoms with Crippen molar-refractivity contribution in [1.82, 2.24) is 0 Å². The lowest BCUT2D eigenvalue weighted by Gasteiger charge is -2.33. The summed E-state index contributed by atoms with van der Waals surface area (Å²) in [6.45, 7) is 1.33. The second kappa shape index (κ2) is 7.99. The van der Waals surface area contributed by atoms with Gasteiger partial charge in [-0.3, -0.25) is 4.79 Å². The van der Waals surface area contributed by atoms with Crippen LogP contribution in [0.1, 0.15) is 28.8 Å². The van der Waals surface area contributed by atoms with Gasteiger partial charge >= 0.3 is 5.97 Å². The van der Waals surface area contributed by atoms with Crippen molar-refractivity contribution < 1.29 is 18.7 Å². The molecule has 0 bridgehead atoms. The average molecular weight is 356 g/mol. The number of piperidine rings is 1. The van der Waals surface area contributed by atoms with Crippen LogP contribution >= 0.6 is 0 Å². The fraction of sp³-hybridized carbons (Fsp3) is 0.300. The molecule has 6 heteroatoms. The summed E-state index contributed by atoms with van der Waals surface area (Å²) in [4.78, 5) is 25.6. The Hall–Kier alpha value is -2.89. The SMILES string of the molecule is NC(=O)C1CCCN(c2ccc(C(=O)OCc3ccccc3F)cc2)C1. The van der Waals surface area contributed by atoms with Gasteiger partial charge in [-0.2, -0.15) is 0 Å². The monoisotopic (exact) mass is 356 g/mol. The third-order valence-corrected chi connectivity index (χ3v) is 4.61. The van der Waals surface area contributed by atoms with Crippen molar-refractivity contribution in [2.75, 3.05) is 18.0 Å². The Morgan fingerprint density at radius 2 is 1.88 bits per heavy atom. The molecule has 1 heterocycles. The van der Waals surface area contributed by atoms with E-state index >= 15 is 0 Å². The Labute approximate surface area is 151 Å². The smallest absolute Gasteiger partial charge is 0.338 e. The standard InChI is InChI=1S/C20H21FN2O3/c21-18-6-2-1-4-16(18)13-26-20(25)14-7-9-17(10-8-14)23-11-3-5-15(12-23)19(22)24/h1-2,4,6-10,15H,3,5,11-13H2,(H2,22,24). The Morgan fingerprint density at radius 1 is 1.15 bits per heavy atom. The molecule has 26 heavy (non-hydrogen) atoms. The Balaban J connectivity index is 1.61. The number of amides is 1. The van der Waals surface area contributed by atoms with Gasteiger partial charge in [0.05, 0.1) is 11.5 Å². The molecule has 1 fully saturated rings. The van der Waals surface area contributed by atoms with E-state index in [-0.39, 0.29) is 18.4 Å². The number of carbonyl (C=O) groups excluding carboxylic acids is 2. The molecule has 2 aromatic rings. The normalized spacial score (nSPS) is 17.0. The van der Waals surface area contributed by atoms with Crippen LogP contribution in [0.25, 0.3) is 0 Å². The van der Waals surface area contributed by atoms with Crippen molar-refractivity contribution in [3.05, 3.63) is 65.5 Å². The zero-order valence-corrected chi connectivity index (χ0v) is 14.4. The number of hydrogen-bond acceptors (Lipinski definition) is 4. The predicted octanol–water partition coefficient (Wildman–Crippen LogP) is 2.88. The summed E-state index contributed by atoms with van der Waals surface area (Å²) in [7, 11) is 0. The highest BCUT2D eigenvalue weighted by Gasteiger charge is 2.24. The number of halogens is 1. The maximum atomic E-state index is 13.6. The lowest BCUT2D eigenvalue weighted by atomic mass is 9.97. The minimum atomic E-state index is -0.506. The van der Waals surface area contributed by atoms with Crippen LogP contribution in [0.5, 0.6) is 0 Å². The number of benzene rings is 2. The number of carbonyl (C=O) groups is 2. The van der Waals surface area contributed by atoms with Gasteiger partial charge in [0.1, 0.15) is 12.4 Å². The van der Waals surface area contributed by atoms with Crippen LogP contribution in [0.3, 0.4) is 0 Å². The van der Waals surface area contributed by atoms with Crippen molar-refractivity contribution in [3.63, 3.8) is 0 Å². The zero-order chi connectivity index (χ0) is 18.5. The summed E-state index contributed by atoms with van der Waals surface area (Å²) < 4.78 is 18.7. The van der Waals surface area contributed by atoms with E-state index < -0.39 is 11.8 Å². The second-order valence-electron chi connectivity index (χ2n) is 6.40. The molecule has 3 rings (SSSR count). The first-order valence-corrected chi connectivity index (χ1v) is 8.59. The molecular formula is C20H21FN2O3.